The van der Waals surface area contributed by atoms with Crippen molar-refractivity contribution in [1.82, 2.24) is 0 Å². The molecule has 2 aliphatic rings. The molecule has 2 aliphatic carbocycles. The molecule has 27 heavy (non-hydrogen) atoms. The zero-order chi connectivity index (χ0) is 18.8. The first kappa shape index (κ1) is 18.3. The van der Waals surface area contributed by atoms with Crippen molar-refractivity contribution >= 4 is 28.9 Å². The number of rotatable bonds is 5. The molecule has 0 radical (unpaired) electrons. The Morgan fingerprint density at radius 1 is 1.07 bits per heavy atom. The smallest absolute Gasteiger partial charge is 0.306 e. The summed E-state index contributed by atoms with van der Waals surface area (Å²) in [7, 11) is 0. The molecule has 4 atom stereocenters. The van der Waals surface area contributed by atoms with E-state index in [-0.39, 0.29) is 12.1 Å². The highest BCUT2D eigenvalue weighted by atomic mass is 16.5. The summed E-state index contributed by atoms with van der Waals surface area (Å²) in [5, 5.41) is 5.38. The standard InChI is InChI=1S/C25H30O2/c1-3-4-9-25(26)27-17(2)18-10-11-21-15-23-13-19-7-5-6-8-20(19)14-24(23)16-22(21)12-18/h5-8,13-18,21-22H,3-4,9-12H2,1-2H3. The molecule has 2 heteroatoms. The van der Waals surface area contributed by atoms with Gasteiger partial charge in [0.15, 0.2) is 0 Å². The normalized spacial score (nSPS) is 24.9. The van der Waals surface area contributed by atoms with E-state index in [1.54, 1.807) is 0 Å². The minimum absolute atomic E-state index is 0.0255. The number of ether oxygens (including phenoxy) is 1. The van der Waals surface area contributed by atoms with Gasteiger partial charge in [0.2, 0.25) is 0 Å². The third-order valence-electron chi connectivity index (χ3n) is 6.45. The van der Waals surface area contributed by atoms with E-state index in [4.69, 9.17) is 4.74 Å². The lowest BCUT2D eigenvalue weighted by Gasteiger charge is -2.37. The number of unbranched alkanes of at least 4 members (excludes halogenated alkanes) is 1. The molecule has 0 aromatic heterocycles. The summed E-state index contributed by atoms with van der Waals surface area (Å²) in [5.41, 5.74) is 0. The fourth-order valence-electron chi connectivity index (χ4n) is 4.80. The molecular weight excluding hydrogens is 332 g/mol. The van der Waals surface area contributed by atoms with Crippen LogP contribution in [0.15, 0.2) is 36.4 Å². The fourth-order valence-corrected chi connectivity index (χ4v) is 4.80. The fraction of sp³-hybridized carbons (Fsp3) is 0.480. The molecule has 4 unspecified atom stereocenters. The second-order valence-corrected chi connectivity index (χ2v) is 8.36. The van der Waals surface area contributed by atoms with E-state index >= 15 is 0 Å². The third-order valence-corrected chi connectivity index (χ3v) is 6.45. The molecule has 0 amide bonds. The molecule has 0 bridgehead atoms. The number of benzene rings is 2. The van der Waals surface area contributed by atoms with Crippen LogP contribution in [0.2, 0.25) is 0 Å². The highest BCUT2D eigenvalue weighted by Crippen LogP contribution is 2.39. The lowest BCUT2D eigenvalue weighted by Crippen LogP contribution is -2.38. The number of esters is 1. The molecule has 0 N–H and O–H groups in total. The van der Waals surface area contributed by atoms with E-state index in [1.807, 2.05) is 0 Å². The summed E-state index contributed by atoms with van der Waals surface area (Å²) in [5.74, 6) is 1.64. The van der Waals surface area contributed by atoms with Gasteiger partial charge >= 0.3 is 5.97 Å². The van der Waals surface area contributed by atoms with Gasteiger partial charge in [0.25, 0.3) is 0 Å². The number of carbonyl (C=O) groups excluding carboxylic acids is 1. The van der Waals surface area contributed by atoms with Crippen LogP contribution >= 0.6 is 0 Å². The Hall–Kier alpha value is -2.09. The molecule has 1 saturated carbocycles. The van der Waals surface area contributed by atoms with E-state index < -0.39 is 0 Å². The van der Waals surface area contributed by atoms with E-state index in [1.165, 1.54) is 27.6 Å². The molecular formula is C25H30O2. The predicted octanol–water partition coefficient (Wildman–Crippen LogP) is 4.57. The van der Waals surface area contributed by atoms with Gasteiger partial charge in [-0.3, -0.25) is 4.79 Å². The van der Waals surface area contributed by atoms with Gasteiger partial charge < -0.3 is 4.74 Å². The van der Waals surface area contributed by atoms with Crippen molar-refractivity contribution < 1.29 is 9.53 Å². The van der Waals surface area contributed by atoms with Gasteiger partial charge in [-0.2, -0.15) is 0 Å². The Morgan fingerprint density at radius 3 is 2.41 bits per heavy atom. The Bertz CT molecular complexity index is 942. The van der Waals surface area contributed by atoms with Gasteiger partial charge in [0, 0.05) is 6.42 Å². The summed E-state index contributed by atoms with van der Waals surface area (Å²) in [4.78, 5) is 12.0. The number of hydrogen-bond donors (Lipinski definition) is 0. The first-order valence-corrected chi connectivity index (χ1v) is 10.6. The average molecular weight is 363 g/mol. The van der Waals surface area contributed by atoms with E-state index in [9.17, 15) is 4.79 Å². The molecule has 0 spiro atoms. The maximum Gasteiger partial charge on any atom is 0.306 e. The highest BCUT2D eigenvalue weighted by molar-refractivity contribution is 5.83. The van der Waals surface area contributed by atoms with Crippen LogP contribution in [0.1, 0.15) is 52.4 Å². The first-order chi connectivity index (χ1) is 13.1. The lowest BCUT2D eigenvalue weighted by atomic mass is 9.70. The van der Waals surface area contributed by atoms with Crippen LogP contribution in [0.4, 0.5) is 0 Å². The summed E-state index contributed by atoms with van der Waals surface area (Å²) in [6.45, 7) is 4.19. The van der Waals surface area contributed by atoms with Crippen LogP contribution in [0.3, 0.4) is 0 Å². The van der Waals surface area contributed by atoms with Gasteiger partial charge in [-0.1, -0.05) is 49.8 Å². The summed E-state index contributed by atoms with van der Waals surface area (Å²) in [6.07, 6.45) is 11.0. The van der Waals surface area contributed by atoms with Crippen molar-refractivity contribution in [2.45, 2.75) is 58.5 Å². The Kier molecular flexibility index (Phi) is 5.33. The largest absolute Gasteiger partial charge is 0.462 e. The third kappa shape index (κ3) is 3.95. The topological polar surface area (TPSA) is 26.3 Å². The van der Waals surface area contributed by atoms with Crippen LogP contribution in [0.25, 0.3) is 22.9 Å². The van der Waals surface area contributed by atoms with Gasteiger partial charge in [-0.25, -0.2) is 0 Å². The van der Waals surface area contributed by atoms with Crippen molar-refractivity contribution in [3.8, 4) is 0 Å². The second-order valence-electron chi connectivity index (χ2n) is 8.36. The molecule has 4 rings (SSSR count). The maximum absolute atomic E-state index is 12.0. The van der Waals surface area contributed by atoms with Crippen LogP contribution in [-0.4, -0.2) is 12.1 Å². The summed E-state index contributed by atoms with van der Waals surface area (Å²) < 4.78 is 5.74. The molecule has 0 aliphatic heterocycles. The maximum atomic E-state index is 12.0. The van der Waals surface area contributed by atoms with Crippen molar-refractivity contribution in [2.75, 3.05) is 0 Å². The molecule has 1 fully saturated rings. The van der Waals surface area contributed by atoms with Crippen molar-refractivity contribution in [2.24, 2.45) is 17.8 Å². The van der Waals surface area contributed by atoms with Crippen LogP contribution in [0, 0.1) is 17.8 Å². The SMILES string of the molecule is CCCCC(=O)OC(C)C1CCC2C=c3cc4ccccc4cc3=CC2C1. The number of fused-ring (bicyclic) bond motifs is 3. The first-order valence-electron chi connectivity index (χ1n) is 10.6. The second kappa shape index (κ2) is 7.88. The molecule has 0 heterocycles. The van der Waals surface area contributed by atoms with Crippen molar-refractivity contribution in [1.29, 1.82) is 0 Å². The summed E-state index contributed by atoms with van der Waals surface area (Å²) >= 11 is 0. The Balaban J connectivity index is 1.51. The van der Waals surface area contributed by atoms with E-state index in [0.717, 1.165) is 25.7 Å². The lowest BCUT2D eigenvalue weighted by molar-refractivity contribution is -0.151. The van der Waals surface area contributed by atoms with Crippen LogP contribution in [0.5, 0.6) is 0 Å². The quantitative estimate of drug-likeness (QED) is 0.729. The monoisotopic (exact) mass is 362 g/mol. The number of hydrogen-bond acceptors (Lipinski definition) is 2. The van der Waals surface area contributed by atoms with Crippen molar-refractivity contribution in [3.05, 3.63) is 46.8 Å². The minimum atomic E-state index is -0.0255. The van der Waals surface area contributed by atoms with Crippen molar-refractivity contribution in [3.63, 3.8) is 0 Å². The van der Waals surface area contributed by atoms with Crippen LogP contribution in [-0.2, 0) is 9.53 Å². The molecule has 2 aromatic rings. The van der Waals surface area contributed by atoms with Gasteiger partial charge in [0.1, 0.15) is 6.10 Å². The van der Waals surface area contributed by atoms with Gasteiger partial charge in [-0.05, 0) is 83.7 Å². The molecule has 2 aromatic carbocycles. The molecule has 142 valence electrons. The van der Waals surface area contributed by atoms with E-state index in [0.29, 0.717) is 24.2 Å². The van der Waals surface area contributed by atoms with Gasteiger partial charge in [0.05, 0.1) is 0 Å². The van der Waals surface area contributed by atoms with Crippen LogP contribution < -0.4 is 10.4 Å². The Labute approximate surface area is 161 Å². The van der Waals surface area contributed by atoms with E-state index in [2.05, 4.69) is 62.4 Å². The predicted molar refractivity (Wildman–Crippen MR) is 112 cm³/mol. The highest BCUT2D eigenvalue weighted by Gasteiger charge is 2.33. The Morgan fingerprint density at radius 2 is 1.74 bits per heavy atom. The molecule has 0 saturated heterocycles. The van der Waals surface area contributed by atoms with Gasteiger partial charge in [-0.15, -0.1) is 0 Å². The zero-order valence-corrected chi connectivity index (χ0v) is 16.5. The minimum Gasteiger partial charge on any atom is -0.462 e. The average Bonchev–Trinajstić information content (AvgIpc) is 2.68. The molecule has 2 nitrogen and oxygen atoms in total. The summed E-state index contributed by atoms with van der Waals surface area (Å²) in [6, 6.07) is 13.3. The number of carbonyl (C=O) groups is 1. The zero-order valence-electron chi connectivity index (χ0n) is 16.5.